The summed E-state index contributed by atoms with van der Waals surface area (Å²) in [4.78, 5) is 35.8. The number of hydrogen-bond acceptors (Lipinski definition) is 4. The zero-order chi connectivity index (χ0) is 20.5. The minimum absolute atomic E-state index is 0.0105. The lowest BCUT2D eigenvalue weighted by Gasteiger charge is -2.12. The fourth-order valence-corrected chi connectivity index (χ4v) is 2.26. The number of anilines is 1. The van der Waals surface area contributed by atoms with Crippen LogP contribution >= 0.6 is 0 Å². The molecule has 8 heteroatoms. The lowest BCUT2D eigenvalue weighted by atomic mass is 10.2. The Balaban J connectivity index is 1.82. The quantitative estimate of drug-likeness (QED) is 0.573. The molecule has 0 saturated carbocycles. The predicted octanol–water partition coefficient (Wildman–Crippen LogP) is 2.36. The van der Waals surface area contributed by atoms with Gasteiger partial charge in [0.2, 0.25) is 0 Å². The molecule has 0 atom stereocenters. The molecule has 2 aromatic rings. The summed E-state index contributed by atoms with van der Waals surface area (Å²) < 4.78 is 5.36. The van der Waals surface area contributed by atoms with Gasteiger partial charge in [-0.25, -0.2) is 4.79 Å². The van der Waals surface area contributed by atoms with E-state index in [9.17, 15) is 14.4 Å². The van der Waals surface area contributed by atoms with Crippen molar-refractivity contribution in [1.29, 1.82) is 0 Å². The monoisotopic (exact) mass is 384 g/mol. The molecule has 148 valence electrons. The molecule has 0 saturated heterocycles. The molecule has 28 heavy (non-hydrogen) atoms. The van der Waals surface area contributed by atoms with Crippen LogP contribution in [0, 0.1) is 6.92 Å². The van der Waals surface area contributed by atoms with Crippen LogP contribution in [-0.2, 0) is 4.79 Å². The summed E-state index contributed by atoms with van der Waals surface area (Å²) in [5.41, 5.74) is 6.35. The van der Waals surface area contributed by atoms with Gasteiger partial charge in [-0.3, -0.25) is 20.4 Å². The molecule has 0 spiro atoms. The van der Waals surface area contributed by atoms with Crippen LogP contribution in [0.1, 0.15) is 29.8 Å². The van der Waals surface area contributed by atoms with Crippen molar-refractivity contribution >= 4 is 23.5 Å². The van der Waals surface area contributed by atoms with Gasteiger partial charge in [-0.2, -0.15) is 0 Å². The molecule has 0 fully saturated rings. The van der Waals surface area contributed by atoms with Crippen LogP contribution in [0.2, 0.25) is 0 Å². The van der Waals surface area contributed by atoms with Gasteiger partial charge < -0.3 is 15.4 Å². The van der Waals surface area contributed by atoms with Gasteiger partial charge in [-0.1, -0.05) is 18.2 Å². The largest absolute Gasteiger partial charge is 0.484 e. The van der Waals surface area contributed by atoms with E-state index in [1.165, 1.54) is 6.07 Å². The van der Waals surface area contributed by atoms with Crippen molar-refractivity contribution in [3.8, 4) is 5.75 Å². The normalized spacial score (nSPS) is 10.1. The SMILES string of the molecule is Cc1cccc(OCC(=O)NNC(=O)c2cccc(NC(=O)NC(C)C)c2)c1. The van der Waals surface area contributed by atoms with Gasteiger partial charge in [0.15, 0.2) is 6.61 Å². The van der Waals surface area contributed by atoms with Crippen LogP contribution in [0.5, 0.6) is 5.75 Å². The highest BCUT2D eigenvalue weighted by Gasteiger charge is 2.10. The van der Waals surface area contributed by atoms with Gasteiger partial charge in [-0.05, 0) is 56.7 Å². The maximum absolute atomic E-state index is 12.2. The minimum atomic E-state index is -0.517. The van der Waals surface area contributed by atoms with Crippen LogP contribution in [0.3, 0.4) is 0 Å². The Hall–Kier alpha value is -3.55. The first kappa shape index (κ1) is 20.8. The number of carbonyl (C=O) groups is 3. The van der Waals surface area contributed by atoms with E-state index >= 15 is 0 Å². The maximum atomic E-state index is 12.2. The van der Waals surface area contributed by atoms with Gasteiger partial charge in [0.25, 0.3) is 11.8 Å². The highest BCUT2D eigenvalue weighted by molar-refractivity contribution is 5.97. The Labute approximate surface area is 163 Å². The summed E-state index contributed by atoms with van der Waals surface area (Å²) in [6, 6.07) is 13.3. The van der Waals surface area contributed by atoms with Crippen LogP contribution in [0.15, 0.2) is 48.5 Å². The van der Waals surface area contributed by atoms with E-state index in [2.05, 4.69) is 21.5 Å². The number of hydrogen-bond donors (Lipinski definition) is 4. The first-order chi connectivity index (χ1) is 13.3. The van der Waals surface area contributed by atoms with Crippen molar-refractivity contribution < 1.29 is 19.1 Å². The predicted molar refractivity (Wildman–Crippen MR) is 106 cm³/mol. The minimum Gasteiger partial charge on any atom is -0.484 e. The molecule has 0 unspecified atom stereocenters. The Kier molecular flexibility index (Phi) is 7.38. The Morgan fingerprint density at radius 2 is 1.75 bits per heavy atom. The average Bonchev–Trinajstić information content (AvgIpc) is 2.64. The summed E-state index contributed by atoms with van der Waals surface area (Å²) in [5.74, 6) is -0.447. The second-order valence-electron chi connectivity index (χ2n) is 6.44. The molecular formula is C20H24N4O4. The maximum Gasteiger partial charge on any atom is 0.319 e. The Bertz CT molecular complexity index is 852. The number of ether oxygens (including phenoxy) is 1. The van der Waals surface area contributed by atoms with E-state index in [0.29, 0.717) is 11.4 Å². The van der Waals surface area contributed by atoms with Crippen molar-refractivity contribution in [3.63, 3.8) is 0 Å². The number of rotatable bonds is 6. The van der Waals surface area contributed by atoms with Crippen LogP contribution in [-0.4, -0.2) is 30.5 Å². The summed E-state index contributed by atoms with van der Waals surface area (Å²) >= 11 is 0. The zero-order valence-electron chi connectivity index (χ0n) is 16.0. The Morgan fingerprint density at radius 3 is 2.46 bits per heavy atom. The van der Waals surface area contributed by atoms with Crippen molar-refractivity contribution in [3.05, 3.63) is 59.7 Å². The molecule has 2 rings (SSSR count). The van der Waals surface area contributed by atoms with Gasteiger partial charge in [0, 0.05) is 17.3 Å². The number of carbonyl (C=O) groups excluding carboxylic acids is 3. The molecule has 4 N–H and O–H groups in total. The molecule has 0 aliphatic heterocycles. The summed E-state index contributed by atoms with van der Waals surface area (Å²) in [5, 5.41) is 5.33. The molecule has 0 bridgehead atoms. The fraction of sp³-hybridized carbons (Fsp3) is 0.250. The third-order valence-corrected chi connectivity index (χ3v) is 3.48. The van der Waals surface area contributed by atoms with Crippen LogP contribution in [0.25, 0.3) is 0 Å². The lowest BCUT2D eigenvalue weighted by Crippen LogP contribution is -2.43. The highest BCUT2D eigenvalue weighted by Crippen LogP contribution is 2.12. The molecule has 0 radical (unpaired) electrons. The molecule has 0 heterocycles. The van der Waals surface area contributed by atoms with Crippen LogP contribution in [0.4, 0.5) is 10.5 Å². The first-order valence-electron chi connectivity index (χ1n) is 8.79. The second-order valence-corrected chi connectivity index (χ2v) is 6.44. The first-order valence-corrected chi connectivity index (χ1v) is 8.79. The Morgan fingerprint density at radius 1 is 1.00 bits per heavy atom. The van der Waals surface area contributed by atoms with E-state index in [1.54, 1.807) is 30.3 Å². The zero-order valence-corrected chi connectivity index (χ0v) is 16.0. The van der Waals surface area contributed by atoms with Gasteiger partial charge in [0.05, 0.1) is 0 Å². The van der Waals surface area contributed by atoms with Crippen molar-refractivity contribution in [2.75, 3.05) is 11.9 Å². The molecule has 8 nitrogen and oxygen atoms in total. The number of amides is 4. The van der Waals surface area contributed by atoms with E-state index in [4.69, 9.17) is 4.74 Å². The molecule has 0 aliphatic carbocycles. The third kappa shape index (κ3) is 6.99. The number of nitrogens with one attached hydrogen (secondary N) is 4. The summed E-state index contributed by atoms with van der Waals surface area (Å²) in [7, 11) is 0. The summed E-state index contributed by atoms with van der Waals surface area (Å²) in [6.45, 7) is 5.37. The number of urea groups is 1. The lowest BCUT2D eigenvalue weighted by molar-refractivity contribution is -0.123. The van der Waals surface area contributed by atoms with Gasteiger partial charge in [-0.15, -0.1) is 0 Å². The number of hydrazine groups is 1. The van der Waals surface area contributed by atoms with Crippen molar-refractivity contribution in [2.24, 2.45) is 0 Å². The van der Waals surface area contributed by atoms with Gasteiger partial charge in [0.1, 0.15) is 5.75 Å². The van der Waals surface area contributed by atoms with Crippen molar-refractivity contribution in [1.82, 2.24) is 16.2 Å². The van der Waals surface area contributed by atoms with E-state index in [-0.39, 0.29) is 24.2 Å². The molecular weight excluding hydrogens is 360 g/mol. The smallest absolute Gasteiger partial charge is 0.319 e. The summed E-state index contributed by atoms with van der Waals surface area (Å²) in [6.07, 6.45) is 0. The fourth-order valence-electron chi connectivity index (χ4n) is 2.26. The van der Waals surface area contributed by atoms with E-state index < -0.39 is 11.8 Å². The van der Waals surface area contributed by atoms with E-state index in [1.807, 2.05) is 32.9 Å². The van der Waals surface area contributed by atoms with Crippen LogP contribution < -0.4 is 26.2 Å². The standard InChI is InChI=1S/C20H24N4O4/c1-13(2)21-20(27)22-16-8-5-7-15(11-16)19(26)24-23-18(25)12-28-17-9-4-6-14(3)10-17/h4-11,13H,12H2,1-3H3,(H,23,25)(H,24,26)(H2,21,22,27). The van der Waals surface area contributed by atoms with E-state index in [0.717, 1.165) is 5.56 Å². The molecule has 4 amide bonds. The second kappa shape index (κ2) is 9.96. The third-order valence-electron chi connectivity index (χ3n) is 3.48. The average molecular weight is 384 g/mol. The van der Waals surface area contributed by atoms with Crippen molar-refractivity contribution in [2.45, 2.75) is 26.8 Å². The van der Waals surface area contributed by atoms with Gasteiger partial charge >= 0.3 is 6.03 Å². The molecule has 0 aliphatic rings. The number of benzene rings is 2. The molecule has 0 aromatic heterocycles. The highest BCUT2D eigenvalue weighted by atomic mass is 16.5. The number of aryl methyl sites for hydroxylation is 1. The topological polar surface area (TPSA) is 109 Å². The molecule has 2 aromatic carbocycles.